The predicted octanol–water partition coefficient (Wildman–Crippen LogP) is 3.38. The van der Waals surface area contributed by atoms with Gasteiger partial charge in [-0.15, -0.1) is 0 Å². The van der Waals surface area contributed by atoms with Crippen molar-refractivity contribution in [3.05, 3.63) is 35.4 Å². The number of likely N-dealkylation sites (tertiary alicyclic amines) is 1. The summed E-state index contributed by atoms with van der Waals surface area (Å²) in [6, 6.07) is 8.70. The van der Waals surface area contributed by atoms with Gasteiger partial charge in [-0.3, -0.25) is 0 Å². The molecule has 25 heavy (non-hydrogen) atoms. The Kier molecular flexibility index (Phi) is 4.46. The third-order valence-corrected chi connectivity index (χ3v) is 5.62. The number of carbonyl (C=O) groups excluding carboxylic acids is 1. The Morgan fingerprint density at radius 2 is 1.92 bits per heavy atom. The molecule has 0 aromatic heterocycles. The van der Waals surface area contributed by atoms with E-state index in [1.54, 1.807) is 0 Å². The molecule has 1 spiro atoms. The standard InChI is InChI=1S/C20H28N2O3/c1-14-3-5-16(6-4-14)18(17-7-8-17)21-19(23)22-11-9-20(10-12-22)24-13-15(2)25-20/h3-6,15,17-18H,7-13H2,1-2H3,(H,21,23)/t15-,18+/m1/s1. The summed E-state index contributed by atoms with van der Waals surface area (Å²) in [7, 11) is 0. The van der Waals surface area contributed by atoms with E-state index in [1.165, 1.54) is 24.0 Å². The van der Waals surface area contributed by atoms with Crippen LogP contribution in [-0.4, -0.2) is 42.5 Å². The first kappa shape index (κ1) is 16.9. The number of rotatable bonds is 3. The van der Waals surface area contributed by atoms with Crippen LogP contribution in [0.1, 0.15) is 49.8 Å². The molecule has 2 heterocycles. The summed E-state index contributed by atoms with van der Waals surface area (Å²) in [6.45, 7) is 6.15. The fraction of sp³-hybridized carbons (Fsp3) is 0.650. The molecule has 0 bridgehead atoms. The van der Waals surface area contributed by atoms with Crippen LogP contribution in [0.15, 0.2) is 24.3 Å². The second-order valence-corrected chi connectivity index (χ2v) is 7.81. The van der Waals surface area contributed by atoms with E-state index in [-0.39, 0.29) is 18.2 Å². The molecular weight excluding hydrogens is 316 g/mol. The molecule has 136 valence electrons. The largest absolute Gasteiger partial charge is 0.347 e. The molecule has 2 atom stereocenters. The van der Waals surface area contributed by atoms with Crippen molar-refractivity contribution in [1.29, 1.82) is 0 Å². The smallest absolute Gasteiger partial charge is 0.317 e. The van der Waals surface area contributed by atoms with Crippen LogP contribution in [0.5, 0.6) is 0 Å². The van der Waals surface area contributed by atoms with Crippen molar-refractivity contribution in [3.8, 4) is 0 Å². The summed E-state index contributed by atoms with van der Waals surface area (Å²) >= 11 is 0. The summed E-state index contributed by atoms with van der Waals surface area (Å²) in [5.74, 6) is 0.119. The maximum absolute atomic E-state index is 12.8. The second kappa shape index (κ2) is 6.61. The second-order valence-electron chi connectivity index (χ2n) is 7.81. The van der Waals surface area contributed by atoms with Gasteiger partial charge in [-0.05, 0) is 38.2 Å². The number of carbonyl (C=O) groups is 1. The summed E-state index contributed by atoms with van der Waals surface area (Å²) in [5.41, 5.74) is 2.46. The molecule has 0 radical (unpaired) electrons. The van der Waals surface area contributed by atoms with E-state index in [0.29, 0.717) is 25.6 Å². The van der Waals surface area contributed by atoms with E-state index in [1.807, 2.05) is 11.8 Å². The normalized spacial score (nSPS) is 26.6. The lowest BCUT2D eigenvalue weighted by atomic mass is 10.0. The van der Waals surface area contributed by atoms with Crippen molar-refractivity contribution in [2.75, 3.05) is 19.7 Å². The molecule has 1 aromatic rings. The van der Waals surface area contributed by atoms with Crippen molar-refractivity contribution in [1.82, 2.24) is 10.2 Å². The average Bonchev–Trinajstić information content (AvgIpc) is 3.39. The minimum atomic E-state index is -0.455. The first-order valence-corrected chi connectivity index (χ1v) is 9.48. The van der Waals surface area contributed by atoms with Gasteiger partial charge >= 0.3 is 6.03 Å². The van der Waals surface area contributed by atoms with Crippen LogP contribution in [0.25, 0.3) is 0 Å². The Labute approximate surface area is 149 Å². The monoisotopic (exact) mass is 344 g/mol. The highest BCUT2D eigenvalue weighted by Crippen LogP contribution is 2.41. The van der Waals surface area contributed by atoms with E-state index >= 15 is 0 Å². The lowest BCUT2D eigenvalue weighted by molar-refractivity contribution is -0.189. The van der Waals surface area contributed by atoms with E-state index in [4.69, 9.17) is 9.47 Å². The predicted molar refractivity (Wildman–Crippen MR) is 95.2 cm³/mol. The molecule has 3 fully saturated rings. The van der Waals surface area contributed by atoms with E-state index in [2.05, 4.69) is 36.5 Å². The number of urea groups is 1. The molecule has 1 saturated carbocycles. The Bertz CT molecular complexity index is 618. The molecule has 2 saturated heterocycles. The quantitative estimate of drug-likeness (QED) is 0.914. The number of hydrogen-bond acceptors (Lipinski definition) is 3. The molecule has 2 amide bonds. The molecule has 1 N–H and O–H groups in total. The molecule has 4 rings (SSSR count). The minimum absolute atomic E-state index is 0.0402. The van der Waals surface area contributed by atoms with Gasteiger partial charge in [0.1, 0.15) is 0 Å². The number of ether oxygens (including phenoxy) is 2. The number of aryl methyl sites for hydroxylation is 1. The molecule has 5 heteroatoms. The molecule has 5 nitrogen and oxygen atoms in total. The molecule has 0 unspecified atom stereocenters. The summed E-state index contributed by atoms with van der Waals surface area (Å²) in [4.78, 5) is 14.7. The van der Waals surface area contributed by atoms with Crippen LogP contribution < -0.4 is 5.32 Å². The van der Waals surface area contributed by atoms with Gasteiger partial charge in [0, 0.05) is 25.9 Å². The van der Waals surface area contributed by atoms with Crippen molar-refractivity contribution < 1.29 is 14.3 Å². The van der Waals surface area contributed by atoms with Crippen molar-refractivity contribution >= 4 is 6.03 Å². The van der Waals surface area contributed by atoms with Gasteiger partial charge in [0.2, 0.25) is 0 Å². The fourth-order valence-corrected chi connectivity index (χ4v) is 3.92. The highest BCUT2D eigenvalue weighted by atomic mass is 16.7. The number of nitrogens with one attached hydrogen (secondary N) is 1. The number of amides is 2. The highest BCUT2D eigenvalue weighted by molar-refractivity contribution is 5.75. The van der Waals surface area contributed by atoms with Gasteiger partial charge in [-0.2, -0.15) is 0 Å². The summed E-state index contributed by atoms with van der Waals surface area (Å²) in [6.07, 6.45) is 4.05. The van der Waals surface area contributed by atoms with E-state index in [0.717, 1.165) is 12.8 Å². The van der Waals surface area contributed by atoms with Crippen molar-refractivity contribution in [2.45, 2.75) is 57.5 Å². The van der Waals surface area contributed by atoms with Gasteiger partial charge in [0.25, 0.3) is 0 Å². The maximum Gasteiger partial charge on any atom is 0.317 e. The van der Waals surface area contributed by atoms with Gasteiger partial charge in [0.15, 0.2) is 5.79 Å². The molecule has 3 aliphatic rings. The maximum atomic E-state index is 12.8. The molecule has 1 aliphatic carbocycles. The van der Waals surface area contributed by atoms with Crippen LogP contribution in [0.2, 0.25) is 0 Å². The summed E-state index contributed by atoms with van der Waals surface area (Å²) in [5, 5.41) is 3.28. The number of nitrogens with zero attached hydrogens (tertiary/aromatic N) is 1. The lowest BCUT2D eigenvalue weighted by Gasteiger charge is -2.38. The van der Waals surface area contributed by atoms with Gasteiger partial charge in [0.05, 0.1) is 18.8 Å². The van der Waals surface area contributed by atoms with Gasteiger partial charge < -0.3 is 19.7 Å². The third kappa shape index (κ3) is 3.67. The number of piperidine rings is 1. The van der Waals surface area contributed by atoms with Gasteiger partial charge in [-0.1, -0.05) is 29.8 Å². The van der Waals surface area contributed by atoms with Crippen LogP contribution in [0, 0.1) is 12.8 Å². The Hall–Kier alpha value is -1.59. The number of benzene rings is 1. The van der Waals surface area contributed by atoms with E-state index in [9.17, 15) is 4.79 Å². The Balaban J connectivity index is 1.37. The van der Waals surface area contributed by atoms with Gasteiger partial charge in [-0.25, -0.2) is 4.79 Å². The topological polar surface area (TPSA) is 50.8 Å². The Morgan fingerprint density at radius 1 is 1.24 bits per heavy atom. The highest BCUT2D eigenvalue weighted by Gasteiger charge is 2.44. The van der Waals surface area contributed by atoms with Crippen LogP contribution in [0.4, 0.5) is 4.79 Å². The first-order chi connectivity index (χ1) is 12.0. The van der Waals surface area contributed by atoms with Crippen LogP contribution in [0.3, 0.4) is 0 Å². The zero-order valence-electron chi connectivity index (χ0n) is 15.2. The molecule has 1 aromatic carbocycles. The fourth-order valence-electron chi connectivity index (χ4n) is 3.92. The van der Waals surface area contributed by atoms with Crippen LogP contribution in [-0.2, 0) is 9.47 Å². The first-order valence-electron chi connectivity index (χ1n) is 9.48. The van der Waals surface area contributed by atoms with E-state index < -0.39 is 5.79 Å². The Morgan fingerprint density at radius 3 is 2.48 bits per heavy atom. The van der Waals surface area contributed by atoms with Crippen molar-refractivity contribution in [3.63, 3.8) is 0 Å². The number of hydrogen-bond donors (Lipinski definition) is 1. The zero-order valence-corrected chi connectivity index (χ0v) is 15.2. The average molecular weight is 344 g/mol. The molecular formula is C20H28N2O3. The zero-order chi connectivity index (χ0) is 17.4. The SMILES string of the molecule is Cc1ccc([C@H](NC(=O)N2CCC3(CC2)OC[C@@H](C)O3)C2CC2)cc1. The van der Waals surface area contributed by atoms with Crippen LogP contribution >= 0.6 is 0 Å². The molecule has 2 aliphatic heterocycles. The third-order valence-electron chi connectivity index (χ3n) is 5.62. The van der Waals surface area contributed by atoms with Crippen molar-refractivity contribution in [2.24, 2.45) is 5.92 Å². The lowest BCUT2D eigenvalue weighted by Crippen LogP contribution is -2.51. The minimum Gasteiger partial charge on any atom is -0.347 e. The summed E-state index contributed by atoms with van der Waals surface area (Å²) < 4.78 is 11.8.